The van der Waals surface area contributed by atoms with Crippen LogP contribution < -0.4 is 5.32 Å². The Kier molecular flexibility index (Phi) is 11.6. The molecule has 0 saturated carbocycles. The van der Waals surface area contributed by atoms with Crippen LogP contribution in [0.15, 0.2) is 42.5 Å². The van der Waals surface area contributed by atoms with E-state index in [2.05, 4.69) is 10.1 Å². The number of benzene rings is 2. The van der Waals surface area contributed by atoms with Crippen LogP contribution in [0.4, 0.5) is 4.79 Å². The average Bonchev–Trinajstić information content (AvgIpc) is 2.69. The Labute approximate surface area is 192 Å². The quantitative estimate of drug-likeness (QED) is 0.609. The van der Waals surface area contributed by atoms with Crippen LogP contribution in [-0.2, 0) is 27.7 Å². The van der Waals surface area contributed by atoms with Gasteiger partial charge in [-0.05, 0) is 42.5 Å². The van der Waals surface area contributed by atoms with Crippen molar-refractivity contribution in [2.45, 2.75) is 25.7 Å². The lowest BCUT2D eigenvalue weighted by Crippen LogP contribution is -2.25. The molecule has 10 heteroatoms. The fraction of sp³-hybridized carbons (Fsp3) is 0.333. The molecule has 0 aromatic heterocycles. The topological polar surface area (TPSA) is 110 Å². The van der Waals surface area contributed by atoms with Crippen molar-refractivity contribution in [1.82, 2.24) is 5.32 Å². The van der Waals surface area contributed by atoms with Gasteiger partial charge in [0.2, 0.25) is 0 Å². The number of carbonyl (C=O) groups excluding carboxylic acids is 2. The third kappa shape index (κ3) is 11.2. The third-order valence-corrected chi connectivity index (χ3v) is 4.78. The highest BCUT2D eigenvalue weighted by molar-refractivity contribution is 7.85. The summed E-state index contributed by atoms with van der Waals surface area (Å²) in [5, 5.41) is 4.05. The molecule has 0 saturated heterocycles. The Morgan fingerprint density at radius 2 is 1.71 bits per heavy atom. The zero-order chi connectivity index (χ0) is 23.4. The van der Waals surface area contributed by atoms with Crippen LogP contribution in [0.5, 0.6) is 0 Å². The number of ketones is 1. The van der Waals surface area contributed by atoms with E-state index in [-0.39, 0.29) is 5.78 Å². The summed E-state index contributed by atoms with van der Waals surface area (Å²) < 4.78 is 30.3. The minimum absolute atomic E-state index is 0.235. The molecule has 0 heterocycles. The molecule has 7 nitrogen and oxygen atoms in total. The van der Waals surface area contributed by atoms with Crippen LogP contribution in [0.1, 0.15) is 34.3 Å². The van der Waals surface area contributed by atoms with E-state index in [0.717, 1.165) is 39.6 Å². The van der Waals surface area contributed by atoms with Gasteiger partial charge in [0.1, 0.15) is 0 Å². The molecule has 2 N–H and O–H groups in total. The molecule has 1 aliphatic carbocycles. The second kappa shape index (κ2) is 13.3. The molecule has 1 amide bonds. The molecule has 31 heavy (non-hydrogen) atoms. The van der Waals surface area contributed by atoms with Crippen LogP contribution >= 0.6 is 23.2 Å². The maximum Gasteiger partial charge on any atom is 0.406 e. The van der Waals surface area contributed by atoms with Crippen molar-refractivity contribution in [2.24, 2.45) is 0 Å². The Morgan fingerprint density at radius 3 is 2.29 bits per heavy atom. The van der Waals surface area contributed by atoms with Gasteiger partial charge in [-0.3, -0.25) is 9.35 Å². The molecule has 1 aliphatic rings. The first-order valence-electron chi connectivity index (χ1n) is 9.31. The van der Waals surface area contributed by atoms with Crippen molar-refractivity contribution >= 4 is 45.2 Å². The molecule has 0 bridgehead atoms. The third-order valence-electron chi connectivity index (χ3n) is 4.06. The van der Waals surface area contributed by atoms with Gasteiger partial charge in [0, 0.05) is 28.6 Å². The maximum absolute atomic E-state index is 11.4. The highest BCUT2D eigenvalue weighted by Crippen LogP contribution is 2.27. The molecule has 170 valence electrons. The van der Waals surface area contributed by atoms with Gasteiger partial charge >= 0.3 is 6.09 Å². The number of hydrogen-bond donors (Lipinski definition) is 2. The summed E-state index contributed by atoms with van der Waals surface area (Å²) in [4.78, 5) is 22.1. The fourth-order valence-electron chi connectivity index (χ4n) is 2.71. The predicted molar refractivity (Wildman–Crippen MR) is 122 cm³/mol. The lowest BCUT2D eigenvalue weighted by atomic mass is 9.91. The van der Waals surface area contributed by atoms with Crippen molar-refractivity contribution in [3.8, 4) is 0 Å². The summed E-state index contributed by atoms with van der Waals surface area (Å²) in [6.07, 6.45) is 3.56. The van der Waals surface area contributed by atoms with Crippen LogP contribution in [0, 0.1) is 0 Å². The number of amides is 1. The Balaban J connectivity index is 0.000000258. The standard InChI is InChI=1S/C10H12ClNO2.C10H9ClO.CH4O3S/c1-14-10(13)12-7-6-8-4-2-3-5-9(8)11;11-9-5-1-4-8-7(9)3-2-6-10(8)12;1-5(2,3)4/h2-5H,6-7H2,1H3,(H,12,13);1,4-5H,2-3,6H2;1H3,(H,2,3,4). The lowest BCUT2D eigenvalue weighted by Gasteiger charge is -2.14. The molecule has 0 radical (unpaired) electrons. The summed E-state index contributed by atoms with van der Waals surface area (Å²) in [6.45, 7) is 0.524. The van der Waals surface area contributed by atoms with E-state index in [0.29, 0.717) is 25.6 Å². The van der Waals surface area contributed by atoms with Gasteiger partial charge in [-0.15, -0.1) is 0 Å². The van der Waals surface area contributed by atoms with Crippen LogP contribution in [0.2, 0.25) is 10.0 Å². The van der Waals surface area contributed by atoms with E-state index in [9.17, 15) is 18.0 Å². The molecule has 3 rings (SSSR count). The van der Waals surface area contributed by atoms with Crippen molar-refractivity contribution < 1.29 is 27.3 Å². The molecule has 0 aliphatic heterocycles. The number of fused-ring (bicyclic) bond motifs is 1. The van der Waals surface area contributed by atoms with Gasteiger partial charge in [0.05, 0.1) is 13.4 Å². The van der Waals surface area contributed by atoms with E-state index in [4.69, 9.17) is 27.8 Å². The first-order valence-corrected chi connectivity index (χ1v) is 11.9. The summed E-state index contributed by atoms with van der Waals surface area (Å²) >= 11 is 11.9. The normalized spacial score (nSPS) is 12.4. The lowest BCUT2D eigenvalue weighted by molar-refractivity contribution is 0.0972. The molecule has 0 spiro atoms. The van der Waals surface area contributed by atoms with Gasteiger partial charge < -0.3 is 10.1 Å². The maximum atomic E-state index is 11.4. The second-order valence-electron chi connectivity index (χ2n) is 6.54. The Bertz CT molecular complexity index is 987. The number of ether oxygens (including phenoxy) is 1. The fourth-order valence-corrected chi connectivity index (χ4v) is 3.21. The molecular weight excluding hydrogens is 465 g/mol. The van der Waals surface area contributed by atoms with Gasteiger partial charge in [-0.25, -0.2) is 4.79 Å². The summed E-state index contributed by atoms with van der Waals surface area (Å²) in [5.74, 6) is 0.235. The number of rotatable bonds is 3. The van der Waals surface area contributed by atoms with Crippen LogP contribution in [0.25, 0.3) is 0 Å². The van der Waals surface area contributed by atoms with Crippen molar-refractivity contribution in [1.29, 1.82) is 0 Å². The van der Waals surface area contributed by atoms with Crippen LogP contribution in [-0.4, -0.2) is 44.8 Å². The molecule has 0 atom stereocenters. The summed E-state index contributed by atoms with van der Waals surface area (Å²) in [6, 6.07) is 13.1. The zero-order valence-corrected chi connectivity index (χ0v) is 19.6. The molecular formula is C21H25Cl2NO6S. The zero-order valence-electron chi connectivity index (χ0n) is 17.2. The van der Waals surface area contributed by atoms with Crippen molar-refractivity contribution in [3.63, 3.8) is 0 Å². The van der Waals surface area contributed by atoms with Gasteiger partial charge in [-0.2, -0.15) is 8.42 Å². The van der Waals surface area contributed by atoms with E-state index >= 15 is 0 Å². The van der Waals surface area contributed by atoms with E-state index in [1.54, 1.807) is 0 Å². The number of Topliss-reactive ketones (excluding diaryl/α,β-unsaturated/α-hetero) is 1. The monoisotopic (exact) mass is 489 g/mol. The highest BCUT2D eigenvalue weighted by atomic mass is 35.5. The van der Waals surface area contributed by atoms with Gasteiger partial charge in [0.15, 0.2) is 5.78 Å². The largest absolute Gasteiger partial charge is 0.453 e. The van der Waals surface area contributed by atoms with Crippen LogP contribution in [0.3, 0.4) is 0 Å². The predicted octanol–water partition coefficient (Wildman–Crippen LogP) is 4.60. The number of alkyl carbamates (subject to hydrolysis) is 1. The smallest absolute Gasteiger partial charge is 0.406 e. The molecule has 2 aromatic carbocycles. The minimum atomic E-state index is -3.67. The van der Waals surface area contributed by atoms with E-state index < -0.39 is 16.2 Å². The Morgan fingerprint density at radius 1 is 1.10 bits per heavy atom. The minimum Gasteiger partial charge on any atom is -0.453 e. The number of hydrogen-bond acceptors (Lipinski definition) is 5. The van der Waals surface area contributed by atoms with E-state index in [1.165, 1.54) is 7.11 Å². The van der Waals surface area contributed by atoms with Crippen molar-refractivity contribution in [2.75, 3.05) is 19.9 Å². The highest BCUT2D eigenvalue weighted by Gasteiger charge is 2.18. The molecule has 0 unspecified atom stereocenters. The number of methoxy groups -OCH3 is 1. The number of carbonyl (C=O) groups is 2. The average molecular weight is 490 g/mol. The summed E-state index contributed by atoms with van der Waals surface area (Å²) in [7, 11) is -2.33. The second-order valence-corrected chi connectivity index (χ2v) is 8.82. The summed E-state index contributed by atoms with van der Waals surface area (Å²) in [5.41, 5.74) is 2.88. The first kappa shape index (κ1) is 26.9. The molecule has 0 fully saturated rings. The van der Waals surface area contributed by atoms with Gasteiger partial charge in [-0.1, -0.05) is 53.5 Å². The SMILES string of the molecule is COC(=O)NCCc1ccccc1Cl.CS(=O)(=O)O.O=C1CCCc2c(Cl)cccc21. The first-order chi connectivity index (χ1) is 14.5. The van der Waals surface area contributed by atoms with Crippen molar-refractivity contribution in [3.05, 3.63) is 69.2 Å². The van der Waals surface area contributed by atoms with Gasteiger partial charge in [0.25, 0.3) is 10.1 Å². The Hall–Kier alpha value is -2.13. The molecule has 2 aromatic rings. The van der Waals surface area contributed by atoms with E-state index in [1.807, 2.05) is 42.5 Å². The number of halogens is 2. The number of nitrogens with one attached hydrogen (secondary N) is 1.